The number of rotatable bonds is 1. The second-order valence-corrected chi connectivity index (χ2v) is 7.23. The molecule has 2 heterocycles. The third-order valence-electron chi connectivity index (χ3n) is 5.73. The fraction of sp³-hybridized carbons (Fsp3) is 0.929. The first-order valence-corrected chi connectivity index (χ1v) is 7.35. The molecule has 4 nitrogen and oxygen atoms in total. The molecular weight excluding hydrogens is 226 g/mol. The van der Waals surface area contributed by atoms with Gasteiger partial charge in [-0.05, 0) is 51.1 Å². The molecule has 100 valence electrons. The number of hydrogen-bond acceptors (Lipinski definition) is 2. The van der Waals surface area contributed by atoms with Gasteiger partial charge in [0.25, 0.3) is 0 Å². The lowest BCUT2D eigenvalue weighted by Gasteiger charge is -2.24. The molecule has 0 radical (unpaired) electrons. The molecule has 4 fully saturated rings. The third-order valence-corrected chi connectivity index (χ3v) is 5.73. The van der Waals surface area contributed by atoms with Gasteiger partial charge in [-0.25, -0.2) is 4.79 Å². The van der Waals surface area contributed by atoms with E-state index < -0.39 is 0 Å². The Morgan fingerprint density at radius 1 is 1.17 bits per heavy atom. The van der Waals surface area contributed by atoms with Crippen LogP contribution >= 0.6 is 0 Å². The number of nitrogens with one attached hydrogen (secondary N) is 1. The highest BCUT2D eigenvalue weighted by molar-refractivity contribution is 5.75. The van der Waals surface area contributed by atoms with Gasteiger partial charge in [-0.1, -0.05) is 0 Å². The van der Waals surface area contributed by atoms with E-state index in [1.807, 2.05) is 0 Å². The Morgan fingerprint density at radius 3 is 2.56 bits per heavy atom. The van der Waals surface area contributed by atoms with E-state index in [1.54, 1.807) is 0 Å². The summed E-state index contributed by atoms with van der Waals surface area (Å²) in [6, 6.07) is 0.711. The molecule has 0 bridgehead atoms. The van der Waals surface area contributed by atoms with Crippen LogP contribution in [0.1, 0.15) is 32.1 Å². The van der Waals surface area contributed by atoms with Crippen molar-refractivity contribution in [2.75, 3.05) is 33.2 Å². The first-order valence-electron chi connectivity index (χ1n) is 7.35. The van der Waals surface area contributed by atoms with Crippen LogP contribution in [0.2, 0.25) is 0 Å². The fourth-order valence-corrected chi connectivity index (χ4v) is 4.11. The lowest BCUT2D eigenvalue weighted by atomic mass is 9.86. The van der Waals surface area contributed by atoms with E-state index in [1.165, 1.54) is 45.2 Å². The number of amides is 2. The molecule has 4 rings (SSSR count). The van der Waals surface area contributed by atoms with Crippen LogP contribution in [-0.2, 0) is 0 Å². The lowest BCUT2D eigenvalue weighted by molar-refractivity contribution is 0.198. The summed E-state index contributed by atoms with van der Waals surface area (Å²) in [7, 11) is 2.19. The monoisotopic (exact) mass is 249 g/mol. The molecule has 4 aliphatic rings. The van der Waals surface area contributed by atoms with Crippen molar-refractivity contribution in [3.05, 3.63) is 0 Å². The second kappa shape index (κ2) is 3.41. The summed E-state index contributed by atoms with van der Waals surface area (Å²) in [5, 5.41) is 3.24. The molecule has 0 aromatic carbocycles. The highest BCUT2D eigenvalue weighted by Crippen LogP contribution is 2.65. The first kappa shape index (κ1) is 11.1. The van der Waals surface area contributed by atoms with Gasteiger partial charge in [-0.15, -0.1) is 0 Å². The topological polar surface area (TPSA) is 35.6 Å². The van der Waals surface area contributed by atoms with Crippen LogP contribution in [0.3, 0.4) is 0 Å². The number of likely N-dealkylation sites (tertiary alicyclic amines) is 2. The Hall–Kier alpha value is -0.770. The van der Waals surface area contributed by atoms with Gasteiger partial charge in [0.1, 0.15) is 0 Å². The molecule has 2 unspecified atom stereocenters. The van der Waals surface area contributed by atoms with E-state index in [-0.39, 0.29) is 6.03 Å². The van der Waals surface area contributed by atoms with Gasteiger partial charge in [-0.3, -0.25) is 0 Å². The zero-order chi connectivity index (χ0) is 12.4. The Balaban J connectivity index is 1.34. The number of urea groups is 1. The third kappa shape index (κ3) is 1.65. The zero-order valence-electron chi connectivity index (χ0n) is 11.2. The SMILES string of the molecule is CN1CCC2(CCN(C(=O)NC3CC34CC4)C2)C1. The van der Waals surface area contributed by atoms with Crippen molar-refractivity contribution in [1.29, 1.82) is 0 Å². The molecule has 2 aliphatic carbocycles. The highest BCUT2D eigenvalue weighted by Gasteiger charge is 2.63. The van der Waals surface area contributed by atoms with Gasteiger partial charge in [0.05, 0.1) is 0 Å². The Bertz CT molecular complexity index is 393. The summed E-state index contributed by atoms with van der Waals surface area (Å²) in [5.74, 6) is 0. The maximum Gasteiger partial charge on any atom is 0.317 e. The van der Waals surface area contributed by atoms with Crippen LogP contribution in [0.4, 0.5) is 4.79 Å². The molecule has 2 amide bonds. The molecule has 0 aromatic rings. The van der Waals surface area contributed by atoms with E-state index in [0.717, 1.165) is 13.1 Å². The van der Waals surface area contributed by atoms with Crippen LogP contribution in [0.5, 0.6) is 0 Å². The van der Waals surface area contributed by atoms with Crippen LogP contribution in [-0.4, -0.2) is 55.1 Å². The molecule has 2 saturated carbocycles. The minimum Gasteiger partial charge on any atom is -0.335 e. The van der Waals surface area contributed by atoms with E-state index >= 15 is 0 Å². The molecule has 2 aliphatic heterocycles. The summed E-state index contributed by atoms with van der Waals surface area (Å²) in [6.07, 6.45) is 6.38. The first-order chi connectivity index (χ1) is 8.61. The van der Waals surface area contributed by atoms with Crippen LogP contribution < -0.4 is 5.32 Å². The van der Waals surface area contributed by atoms with Gasteiger partial charge in [-0.2, -0.15) is 0 Å². The number of carbonyl (C=O) groups excluding carboxylic acids is 1. The van der Waals surface area contributed by atoms with Gasteiger partial charge >= 0.3 is 6.03 Å². The van der Waals surface area contributed by atoms with Crippen molar-refractivity contribution in [3.8, 4) is 0 Å². The van der Waals surface area contributed by atoms with Crippen LogP contribution in [0, 0.1) is 10.8 Å². The lowest BCUT2D eigenvalue weighted by Crippen LogP contribution is -2.41. The van der Waals surface area contributed by atoms with E-state index in [9.17, 15) is 4.79 Å². The van der Waals surface area contributed by atoms with Gasteiger partial charge in [0.15, 0.2) is 0 Å². The normalized spacial score (nSPS) is 40.7. The zero-order valence-corrected chi connectivity index (χ0v) is 11.2. The van der Waals surface area contributed by atoms with Crippen molar-refractivity contribution in [3.63, 3.8) is 0 Å². The quantitative estimate of drug-likeness (QED) is 0.760. The Kier molecular flexibility index (Phi) is 2.10. The molecule has 18 heavy (non-hydrogen) atoms. The molecule has 4 heteroatoms. The standard InChI is InChI=1S/C14H23N3O/c1-16-6-4-13(9-16)5-7-17(10-13)12(18)15-11-8-14(11)2-3-14/h11H,2-10H2,1H3,(H,15,18). The highest BCUT2D eigenvalue weighted by atomic mass is 16.2. The van der Waals surface area contributed by atoms with Gasteiger partial charge < -0.3 is 15.1 Å². The van der Waals surface area contributed by atoms with E-state index in [4.69, 9.17) is 0 Å². The maximum absolute atomic E-state index is 12.2. The number of hydrogen-bond donors (Lipinski definition) is 1. The molecule has 2 saturated heterocycles. The summed E-state index contributed by atoms with van der Waals surface area (Å²) in [5.41, 5.74) is 0.980. The van der Waals surface area contributed by atoms with E-state index in [0.29, 0.717) is 16.9 Å². The Labute approximate surface area is 109 Å². The number of carbonyl (C=O) groups is 1. The van der Waals surface area contributed by atoms with Crippen LogP contribution in [0.25, 0.3) is 0 Å². The average molecular weight is 249 g/mol. The minimum atomic E-state index is 0.204. The Morgan fingerprint density at radius 2 is 1.94 bits per heavy atom. The van der Waals surface area contributed by atoms with E-state index in [2.05, 4.69) is 22.2 Å². The summed E-state index contributed by atoms with van der Waals surface area (Å²) < 4.78 is 0. The van der Waals surface area contributed by atoms with Gasteiger partial charge in [0, 0.05) is 31.1 Å². The predicted molar refractivity (Wildman–Crippen MR) is 69.3 cm³/mol. The summed E-state index contributed by atoms with van der Waals surface area (Å²) >= 11 is 0. The largest absolute Gasteiger partial charge is 0.335 e. The molecule has 2 atom stereocenters. The minimum absolute atomic E-state index is 0.204. The van der Waals surface area contributed by atoms with Crippen molar-refractivity contribution in [2.24, 2.45) is 10.8 Å². The van der Waals surface area contributed by atoms with Crippen molar-refractivity contribution in [1.82, 2.24) is 15.1 Å². The van der Waals surface area contributed by atoms with Crippen molar-refractivity contribution in [2.45, 2.75) is 38.1 Å². The number of nitrogens with zero attached hydrogens (tertiary/aromatic N) is 2. The molecule has 1 N–H and O–H groups in total. The molecule has 0 aromatic heterocycles. The fourth-order valence-electron chi connectivity index (χ4n) is 4.11. The summed E-state index contributed by atoms with van der Waals surface area (Å²) in [4.78, 5) is 16.7. The average Bonchev–Trinajstić information content (AvgIpc) is 3.16. The van der Waals surface area contributed by atoms with Crippen molar-refractivity contribution >= 4 is 6.03 Å². The maximum atomic E-state index is 12.2. The molecular formula is C14H23N3O. The smallest absolute Gasteiger partial charge is 0.317 e. The van der Waals surface area contributed by atoms with Crippen LogP contribution in [0.15, 0.2) is 0 Å². The second-order valence-electron chi connectivity index (χ2n) is 7.23. The summed E-state index contributed by atoms with van der Waals surface area (Å²) in [6.45, 7) is 4.30. The van der Waals surface area contributed by atoms with Gasteiger partial charge in [0.2, 0.25) is 0 Å². The van der Waals surface area contributed by atoms with Crippen molar-refractivity contribution < 1.29 is 4.79 Å². The molecule has 2 spiro atoms. The predicted octanol–water partition coefficient (Wildman–Crippen LogP) is 1.28.